The molecule has 1 saturated heterocycles. The van der Waals surface area contributed by atoms with Crippen LogP contribution in [-0.2, 0) is 17.9 Å². The third-order valence-electron chi connectivity index (χ3n) is 5.19. The van der Waals surface area contributed by atoms with Gasteiger partial charge in [0, 0.05) is 9.13 Å². The fraction of sp³-hybridized carbons (Fsp3) is 0.154. The van der Waals surface area contributed by atoms with Crippen LogP contribution in [0.3, 0.4) is 0 Å². The number of imide groups is 1. The molecule has 180 valence electrons. The van der Waals surface area contributed by atoms with Gasteiger partial charge >= 0.3 is 6.03 Å². The molecule has 35 heavy (non-hydrogen) atoms. The first kappa shape index (κ1) is 25.4. The lowest BCUT2D eigenvalue weighted by molar-refractivity contribution is -0.123. The van der Waals surface area contributed by atoms with E-state index in [2.05, 4.69) is 50.5 Å². The molecule has 3 aromatic carbocycles. The van der Waals surface area contributed by atoms with Crippen molar-refractivity contribution in [1.82, 2.24) is 10.2 Å². The third-order valence-corrected chi connectivity index (χ3v) is 6.71. The molecule has 1 N–H and O–H groups in total. The number of hydrogen-bond donors (Lipinski definition) is 1. The fourth-order valence-corrected chi connectivity index (χ4v) is 4.63. The molecule has 9 heteroatoms. The van der Waals surface area contributed by atoms with Crippen molar-refractivity contribution < 1.29 is 23.5 Å². The number of rotatable bonds is 8. The lowest BCUT2D eigenvalue weighted by Crippen LogP contribution is -2.30. The number of carbonyl (C=O) groups excluding carboxylic acids is 2. The van der Waals surface area contributed by atoms with E-state index in [1.165, 1.54) is 6.07 Å². The van der Waals surface area contributed by atoms with Crippen LogP contribution in [0.1, 0.15) is 23.6 Å². The molecule has 0 atom stereocenters. The summed E-state index contributed by atoms with van der Waals surface area (Å²) in [6.07, 6.45) is 1.58. The highest BCUT2D eigenvalue weighted by Gasteiger charge is 2.34. The average molecular weight is 698 g/mol. The molecule has 1 fully saturated rings. The molecule has 0 aliphatic carbocycles. The lowest BCUT2D eigenvalue weighted by atomic mass is 10.1. The largest absolute Gasteiger partial charge is 0.490 e. The van der Waals surface area contributed by atoms with Crippen molar-refractivity contribution >= 4 is 63.2 Å². The second kappa shape index (κ2) is 11.4. The minimum absolute atomic E-state index is 0.108. The zero-order valence-electron chi connectivity index (χ0n) is 18.7. The zero-order chi connectivity index (χ0) is 24.9. The zero-order valence-corrected chi connectivity index (χ0v) is 23.0. The van der Waals surface area contributed by atoms with E-state index in [1.807, 2.05) is 37.3 Å². The average Bonchev–Trinajstić information content (AvgIpc) is 3.08. The molecular weight excluding hydrogens is 677 g/mol. The van der Waals surface area contributed by atoms with Crippen molar-refractivity contribution in [3.63, 3.8) is 0 Å². The summed E-state index contributed by atoms with van der Waals surface area (Å²) in [5.41, 5.74) is 2.07. The van der Waals surface area contributed by atoms with Gasteiger partial charge in [0.1, 0.15) is 18.1 Å². The van der Waals surface area contributed by atoms with Crippen molar-refractivity contribution in [3.05, 3.63) is 96.0 Å². The Bertz CT molecular complexity index is 1300. The normalized spacial score (nSPS) is 14.4. The molecule has 0 spiro atoms. The number of halogens is 3. The summed E-state index contributed by atoms with van der Waals surface area (Å²) >= 11 is 4.41. The van der Waals surface area contributed by atoms with Crippen LogP contribution in [0, 0.1) is 13.0 Å². The molecule has 0 radical (unpaired) electrons. The second-order valence-electron chi connectivity index (χ2n) is 7.65. The van der Waals surface area contributed by atoms with Crippen molar-refractivity contribution in [1.29, 1.82) is 0 Å². The molecule has 3 amide bonds. The van der Waals surface area contributed by atoms with Gasteiger partial charge in [-0.25, -0.2) is 9.18 Å². The number of amides is 3. The van der Waals surface area contributed by atoms with Gasteiger partial charge in [0.25, 0.3) is 5.91 Å². The first-order chi connectivity index (χ1) is 16.9. The summed E-state index contributed by atoms with van der Waals surface area (Å²) < 4.78 is 27.8. The van der Waals surface area contributed by atoms with E-state index in [9.17, 15) is 14.0 Å². The third kappa shape index (κ3) is 6.13. The summed E-state index contributed by atoms with van der Waals surface area (Å²) in [7, 11) is 0. The maximum atomic E-state index is 14.0. The van der Waals surface area contributed by atoms with E-state index in [1.54, 1.807) is 30.3 Å². The van der Waals surface area contributed by atoms with Crippen molar-refractivity contribution in [2.75, 3.05) is 6.61 Å². The number of benzene rings is 3. The number of carbonyl (C=O) groups is 2. The summed E-state index contributed by atoms with van der Waals surface area (Å²) in [4.78, 5) is 26.3. The Morgan fingerprint density at radius 1 is 1.03 bits per heavy atom. The van der Waals surface area contributed by atoms with Crippen molar-refractivity contribution in [3.8, 4) is 11.5 Å². The van der Waals surface area contributed by atoms with E-state index < -0.39 is 17.8 Å². The minimum atomic E-state index is -0.596. The van der Waals surface area contributed by atoms with E-state index >= 15 is 0 Å². The molecular formula is C26H21FI2N2O4. The van der Waals surface area contributed by atoms with Crippen LogP contribution >= 0.6 is 45.2 Å². The molecule has 3 aromatic rings. The number of urea groups is 1. The topological polar surface area (TPSA) is 67.9 Å². The first-order valence-corrected chi connectivity index (χ1v) is 12.9. The monoisotopic (exact) mass is 698 g/mol. The fourth-order valence-electron chi connectivity index (χ4n) is 3.49. The predicted octanol–water partition coefficient (Wildman–Crippen LogP) is 6.11. The highest BCUT2D eigenvalue weighted by Crippen LogP contribution is 2.36. The number of nitrogens with one attached hydrogen (secondary N) is 1. The number of ether oxygens (including phenoxy) is 2. The Kier molecular flexibility index (Phi) is 8.26. The smallest absolute Gasteiger partial charge is 0.329 e. The van der Waals surface area contributed by atoms with Gasteiger partial charge in [-0.2, -0.15) is 0 Å². The van der Waals surface area contributed by atoms with E-state index in [-0.39, 0.29) is 17.8 Å². The summed E-state index contributed by atoms with van der Waals surface area (Å²) in [6, 6.07) is 17.1. The van der Waals surface area contributed by atoms with E-state index in [4.69, 9.17) is 9.47 Å². The summed E-state index contributed by atoms with van der Waals surface area (Å²) in [5.74, 6) is 0.153. The molecule has 0 bridgehead atoms. The van der Waals surface area contributed by atoms with Crippen LogP contribution in [-0.4, -0.2) is 23.4 Å². The van der Waals surface area contributed by atoms with Crippen LogP contribution in [0.4, 0.5) is 9.18 Å². The Hall–Kier alpha value is -2.67. The van der Waals surface area contributed by atoms with Crippen LogP contribution in [0.15, 0.2) is 66.4 Å². The van der Waals surface area contributed by atoms with Crippen molar-refractivity contribution in [2.45, 2.75) is 20.1 Å². The van der Waals surface area contributed by atoms with Crippen LogP contribution in [0.5, 0.6) is 11.5 Å². The molecule has 0 saturated carbocycles. The molecule has 1 aliphatic heterocycles. The highest BCUT2D eigenvalue weighted by atomic mass is 127. The van der Waals surface area contributed by atoms with Crippen molar-refractivity contribution in [2.24, 2.45) is 0 Å². The molecule has 1 aliphatic rings. The Labute approximate surface area is 229 Å². The number of hydrogen-bond acceptors (Lipinski definition) is 4. The van der Waals surface area contributed by atoms with Gasteiger partial charge < -0.3 is 14.8 Å². The van der Waals surface area contributed by atoms with Gasteiger partial charge in [0.05, 0.1) is 16.7 Å². The Balaban J connectivity index is 1.55. The number of nitrogens with zero attached hydrogens (tertiary/aromatic N) is 1. The Morgan fingerprint density at radius 3 is 2.49 bits per heavy atom. The maximum Gasteiger partial charge on any atom is 0.329 e. The van der Waals surface area contributed by atoms with Gasteiger partial charge in [-0.3, -0.25) is 9.69 Å². The van der Waals surface area contributed by atoms with Gasteiger partial charge in [-0.05, 0) is 99.6 Å². The SMILES string of the molecule is CCOc1cc(/C=C2/NC(=O)N(Cc3ccccc3F)C2=O)cc(I)c1OCc1ccc(I)cc1. The van der Waals surface area contributed by atoms with E-state index in [0.29, 0.717) is 30.3 Å². The standard InChI is InChI=1S/C26H21FI2N2O4/c1-2-34-23-13-17(11-21(29)24(23)35-15-16-7-9-19(28)10-8-16)12-22-25(32)31(26(33)30-22)14-18-5-3-4-6-20(18)27/h3-13H,2,14-15H2,1H3,(H,30,33)/b22-12+. The highest BCUT2D eigenvalue weighted by molar-refractivity contribution is 14.1. The Morgan fingerprint density at radius 2 is 1.77 bits per heavy atom. The molecule has 0 aromatic heterocycles. The summed E-state index contributed by atoms with van der Waals surface area (Å²) in [6.45, 7) is 2.54. The molecule has 6 nitrogen and oxygen atoms in total. The second-order valence-corrected chi connectivity index (χ2v) is 10.1. The molecule has 4 rings (SSSR count). The van der Waals surface area contributed by atoms with Gasteiger partial charge in [0.2, 0.25) is 0 Å². The van der Waals surface area contributed by atoms with Crippen LogP contribution in [0.25, 0.3) is 6.08 Å². The molecule has 0 unspecified atom stereocenters. The first-order valence-electron chi connectivity index (χ1n) is 10.8. The summed E-state index contributed by atoms with van der Waals surface area (Å²) in [5, 5.41) is 2.58. The van der Waals surface area contributed by atoms with Crippen LogP contribution < -0.4 is 14.8 Å². The lowest BCUT2D eigenvalue weighted by Gasteiger charge is -2.15. The van der Waals surface area contributed by atoms with Gasteiger partial charge in [-0.15, -0.1) is 0 Å². The maximum absolute atomic E-state index is 14.0. The predicted molar refractivity (Wildman–Crippen MR) is 147 cm³/mol. The van der Waals surface area contributed by atoms with Crippen LogP contribution in [0.2, 0.25) is 0 Å². The van der Waals surface area contributed by atoms with Gasteiger partial charge in [0.15, 0.2) is 11.5 Å². The quantitative estimate of drug-likeness (QED) is 0.176. The minimum Gasteiger partial charge on any atom is -0.490 e. The molecule has 1 heterocycles. The van der Waals surface area contributed by atoms with E-state index in [0.717, 1.165) is 17.6 Å². The van der Waals surface area contributed by atoms with Gasteiger partial charge in [-0.1, -0.05) is 30.3 Å².